The number of halogens is 1. The number of carbonyl (C=O) groups excluding carboxylic acids is 2. The Balaban J connectivity index is 1.88. The van der Waals surface area contributed by atoms with Gasteiger partial charge in [-0.2, -0.15) is 0 Å². The van der Waals surface area contributed by atoms with E-state index in [4.69, 9.17) is 16.3 Å². The second-order valence-electron chi connectivity index (χ2n) is 5.38. The van der Waals surface area contributed by atoms with Crippen molar-refractivity contribution in [3.05, 3.63) is 64.2 Å². The van der Waals surface area contributed by atoms with Gasteiger partial charge in [0.1, 0.15) is 0 Å². The molecule has 0 spiro atoms. The fraction of sp³-hybridized carbons (Fsp3) is 0.263. The average molecular weight is 378 g/mol. The Morgan fingerprint density at radius 1 is 1.20 bits per heavy atom. The number of benzene rings is 2. The average Bonchev–Trinajstić information content (AvgIpc) is 2.58. The predicted octanol–water partition coefficient (Wildman–Crippen LogP) is 4.70. The van der Waals surface area contributed by atoms with Crippen LogP contribution in [0, 0.1) is 6.92 Å². The summed E-state index contributed by atoms with van der Waals surface area (Å²) in [6.07, 6.45) is 0. The fourth-order valence-electron chi connectivity index (χ4n) is 2.17. The minimum absolute atomic E-state index is 0.135. The van der Waals surface area contributed by atoms with Crippen molar-refractivity contribution in [1.82, 2.24) is 0 Å². The molecule has 0 radical (unpaired) electrons. The van der Waals surface area contributed by atoms with Crippen molar-refractivity contribution in [1.29, 1.82) is 0 Å². The Bertz CT molecular complexity index is 764. The number of hydrogen-bond acceptors (Lipinski definition) is 4. The summed E-state index contributed by atoms with van der Waals surface area (Å²) in [6.45, 7) is 4.09. The van der Waals surface area contributed by atoms with Gasteiger partial charge in [0.25, 0.3) is 0 Å². The number of carbonyl (C=O) groups is 2. The van der Waals surface area contributed by atoms with Crippen LogP contribution in [0.15, 0.2) is 42.5 Å². The molecule has 2 rings (SSSR count). The van der Waals surface area contributed by atoms with Gasteiger partial charge in [-0.05, 0) is 43.2 Å². The zero-order chi connectivity index (χ0) is 18.2. The molecule has 2 aromatic carbocycles. The fourth-order valence-corrected chi connectivity index (χ4v) is 3.30. The molecule has 0 aliphatic heterocycles. The van der Waals surface area contributed by atoms with E-state index in [1.165, 1.54) is 29.0 Å². The first-order valence-corrected chi connectivity index (χ1v) is 9.43. The molecule has 0 aromatic heterocycles. The van der Waals surface area contributed by atoms with E-state index in [2.05, 4.69) is 24.4 Å². The summed E-state index contributed by atoms with van der Waals surface area (Å²) in [5.41, 5.74) is 3.28. The van der Waals surface area contributed by atoms with Crippen molar-refractivity contribution >= 4 is 40.9 Å². The number of rotatable bonds is 7. The SMILES string of the molecule is CCOC(=O)c1ccc(NC(=O)CSCc2ccccc2C)c(Cl)c1. The highest BCUT2D eigenvalue weighted by atomic mass is 35.5. The molecule has 0 saturated heterocycles. The minimum atomic E-state index is -0.434. The summed E-state index contributed by atoms with van der Waals surface area (Å²) in [5, 5.41) is 3.07. The molecule has 0 aliphatic rings. The molecule has 0 atom stereocenters. The van der Waals surface area contributed by atoms with Gasteiger partial charge in [0.2, 0.25) is 5.91 Å². The van der Waals surface area contributed by atoms with Gasteiger partial charge < -0.3 is 10.1 Å². The lowest BCUT2D eigenvalue weighted by Gasteiger charge is -2.09. The van der Waals surface area contributed by atoms with E-state index >= 15 is 0 Å². The van der Waals surface area contributed by atoms with E-state index in [-0.39, 0.29) is 5.91 Å². The Morgan fingerprint density at radius 3 is 2.64 bits per heavy atom. The molecule has 0 bridgehead atoms. The van der Waals surface area contributed by atoms with Crippen LogP contribution in [-0.2, 0) is 15.3 Å². The monoisotopic (exact) mass is 377 g/mol. The largest absolute Gasteiger partial charge is 0.462 e. The molecule has 132 valence electrons. The number of hydrogen-bond donors (Lipinski definition) is 1. The topological polar surface area (TPSA) is 55.4 Å². The lowest BCUT2D eigenvalue weighted by atomic mass is 10.1. The van der Waals surface area contributed by atoms with E-state index in [0.717, 1.165) is 5.75 Å². The van der Waals surface area contributed by atoms with Crippen LogP contribution in [0.5, 0.6) is 0 Å². The van der Waals surface area contributed by atoms with E-state index in [0.29, 0.717) is 28.6 Å². The third-order valence-corrected chi connectivity index (χ3v) is 4.80. The summed E-state index contributed by atoms with van der Waals surface area (Å²) in [6, 6.07) is 12.8. The summed E-state index contributed by atoms with van der Waals surface area (Å²) >= 11 is 7.68. The highest BCUT2D eigenvalue weighted by molar-refractivity contribution is 7.99. The standard InChI is InChI=1S/C19H20ClNO3S/c1-3-24-19(23)14-8-9-17(16(20)10-14)21-18(22)12-25-11-15-7-5-4-6-13(15)2/h4-10H,3,11-12H2,1-2H3,(H,21,22). The number of esters is 1. The molecule has 2 aromatic rings. The van der Waals surface area contributed by atoms with Crippen molar-refractivity contribution in [3.63, 3.8) is 0 Å². The molecule has 6 heteroatoms. The number of thioether (sulfide) groups is 1. The minimum Gasteiger partial charge on any atom is -0.462 e. The smallest absolute Gasteiger partial charge is 0.338 e. The van der Waals surface area contributed by atoms with Crippen molar-refractivity contribution in [2.45, 2.75) is 19.6 Å². The summed E-state index contributed by atoms with van der Waals surface area (Å²) in [7, 11) is 0. The maximum atomic E-state index is 12.1. The molecule has 0 fully saturated rings. The molecular formula is C19H20ClNO3S. The van der Waals surface area contributed by atoms with Gasteiger partial charge in [-0.25, -0.2) is 4.79 Å². The van der Waals surface area contributed by atoms with Crippen LogP contribution in [0.2, 0.25) is 5.02 Å². The van der Waals surface area contributed by atoms with Crippen LogP contribution in [0.1, 0.15) is 28.4 Å². The maximum Gasteiger partial charge on any atom is 0.338 e. The van der Waals surface area contributed by atoms with E-state index in [9.17, 15) is 9.59 Å². The van der Waals surface area contributed by atoms with E-state index in [1.54, 1.807) is 19.1 Å². The number of nitrogens with one attached hydrogen (secondary N) is 1. The lowest BCUT2D eigenvalue weighted by Crippen LogP contribution is -2.15. The van der Waals surface area contributed by atoms with Gasteiger partial charge >= 0.3 is 5.97 Å². The van der Waals surface area contributed by atoms with Gasteiger partial charge in [-0.3, -0.25) is 4.79 Å². The summed E-state index contributed by atoms with van der Waals surface area (Å²) < 4.78 is 4.92. The Labute approximate surface area is 156 Å². The van der Waals surface area contributed by atoms with Crippen molar-refractivity contribution in [2.75, 3.05) is 17.7 Å². The third kappa shape index (κ3) is 5.80. The number of amides is 1. The molecule has 0 saturated carbocycles. The van der Waals surface area contributed by atoms with Crippen LogP contribution in [0.4, 0.5) is 5.69 Å². The summed E-state index contributed by atoms with van der Waals surface area (Å²) in [4.78, 5) is 23.7. The van der Waals surface area contributed by atoms with Gasteiger partial charge in [0.05, 0.1) is 28.6 Å². The second-order valence-corrected chi connectivity index (χ2v) is 6.78. The molecule has 0 aliphatic carbocycles. The highest BCUT2D eigenvalue weighted by Crippen LogP contribution is 2.24. The summed E-state index contributed by atoms with van der Waals surface area (Å²) in [5.74, 6) is 0.528. The van der Waals surface area contributed by atoms with Gasteiger partial charge in [0.15, 0.2) is 0 Å². The number of aryl methyl sites for hydroxylation is 1. The van der Waals surface area contributed by atoms with Crippen molar-refractivity contribution in [2.24, 2.45) is 0 Å². The van der Waals surface area contributed by atoms with Gasteiger partial charge in [-0.15, -0.1) is 11.8 Å². The van der Waals surface area contributed by atoms with Crippen LogP contribution in [-0.4, -0.2) is 24.2 Å². The van der Waals surface area contributed by atoms with Crippen molar-refractivity contribution in [3.8, 4) is 0 Å². The first-order chi connectivity index (χ1) is 12.0. The van der Waals surface area contributed by atoms with Crippen molar-refractivity contribution < 1.29 is 14.3 Å². The molecule has 4 nitrogen and oxygen atoms in total. The second kappa shape index (κ2) is 9.49. The van der Waals surface area contributed by atoms with E-state index < -0.39 is 5.97 Å². The molecule has 0 heterocycles. The molecule has 25 heavy (non-hydrogen) atoms. The number of anilines is 1. The van der Waals surface area contributed by atoms with Crippen LogP contribution in [0.25, 0.3) is 0 Å². The molecular weight excluding hydrogens is 358 g/mol. The molecule has 1 N–H and O–H groups in total. The Morgan fingerprint density at radius 2 is 1.96 bits per heavy atom. The first-order valence-electron chi connectivity index (χ1n) is 7.90. The lowest BCUT2D eigenvalue weighted by molar-refractivity contribution is -0.113. The van der Waals surface area contributed by atoms with Crippen LogP contribution in [0.3, 0.4) is 0 Å². The quantitative estimate of drug-likeness (QED) is 0.711. The molecule has 1 amide bonds. The first kappa shape index (κ1) is 19.3. The third-order valence-electron chi connectivity index (χ3n) is 3.51. The zero-order valence-corrected chi connectivity index (χ0v) is 15.7. The maximum absolute atomic E-state index is 12.1. The predicted molar refractivity (Wildman–Crippen MR) is 103 cm³/mol. The normalized spacial score (nSPS) is 10.4. The van der Waals surface area contributed by atoms with Gasteiger partial charge in [-0.1, -0.05) is 35.9 Å². The number of ether oxygens (including phenoxy) is 1. The van der Waals surface area contributed by atoms with Crippen LogP contribution < -0.4 is 5.32 Å². The van der Waals surface area contributed by atoms with Crippen LogP contribution >= 0.6 is 23.4 Å². The molecule has 0 unspecified atom stereocenters. The van der Waals surface area contributed by atoms with E-state index in [1.807, 2.05) is 12.1 Å². The Kier molecular flexibility index (Phi) is 7.34. The highest BCUT2D eigenvalue weighted by Gasteiger charge is 2.11. The van der Waals surface area contributed by atoms with Gasteiger partial charge in [0, 0.05) is 5.75 Å². The zero-order valence-electron chi connectivity index (χ0n) is 14.2. The Hall–Kier alpha value is -1.98.